The van der Waals surface area contributed by atoms with Crippen LogP contribution in [0.3, 0.4) is 0 Å². The Labute approximate surface area is 192 Å². The number of rotatable bonds is 14. The van der Waals surface area contributed by atoms with Gasteiger partial charge in [-0.3, -0.25) is 9.59 Å². The number of nitrogens with one attached hydrogen (secondary N) is 1. The number of hydrogen-bond acceptors (Lipinski definition) is 4. The van der Waals surface area contributed by atoms with Gasteiger partial charge in [0, 0.05) is 37.8 Å². The number of amides is 1. The average molecular weight is 442 g/mol. The van der Waals surface area contributed by atoms with Crippen LogP contribution in [-0.4, -0.2) is 42.1 Å². The molecule has 0 saturated carbocycles. The summed E-state index contributed by atoms with van der Waals surface area (Å²) in [6, 6.07) is 0. The predicted molar refractivity (Wildman–Crippen MR) is 129 cm³/mol. The fourth-order valence-electron chi connectivity index (χ4n) is 3.43. The molecule has 184 valence electrons. The molecule has 5 heteroatoms. The van der Waals surface area contributed by atoms with Crippen molar-refractivity contribution in [3.8, 4) is 0 Å². The Kier molecular flexibility index (Phi) is 12.0. The van der Waals surface area contributed by atoms with Gasteiger partial charge in [0.2, 0.25) is 5.91 Å². The molecule has 0 aromatic heterocycles. The minimum absolute atomic E-state index is 0.0257. The lowest BCUT2D eigenvalue weighted by molar-refractivity contribution is -0.128. The normalized spacial score (nSPS) is 14.4. The van der Waals surface area contributed by atoms with E-state index in [4.69, 9.17) is 9.47 Å². The van der Waals surface area contributed by atoms with Crippen LogP contribution in [0.1, 0.15) is 115 Å². The first-order valence-electron chi connectivity index (χ1n) is 11.9. The summed E-state index contributed by atoms with van der Waals surface area (Å²) in [7, 11) is 0. The zero-order valence-corrected chi connectivity index (χ0v) is 22.4. The van der Waals surface area contributed by atoms with Crippen LogP contribution < -0.4 is 5.32 Å². The van der Waals surface area contributed by atoms with E-state index in [9.17, 15) is 9.59 Å². The Morgan fingerprint density at radius 1 is 0.839 bits per heavy atom. The molecule has 0 fully saturated rings. The molecular formula is C26H51NO4. The number of carbonyl (C=O) groups is 2. The van der Waals surface area contributed by atoms with E-state index in [2.05, 4.69) is 60.7 Å². The van der Waals surface area contributed by atoms with Crippen molar-refractivity contribution in [2.45, 2.75) is 132 Å². The highest BCUT2D eigenvalue weighted by atomic mass is 16.5. The monoisotopic (exact) mass is 441 g/mol. The first-order valence-corrected chi connectivity index (χ1v) is 11.9. The molecule has 31 heavy (non-hydrogen) atoms. The van der Waals surface area contributed by atoms with Gasteiger partial charge in [-0.15, -0.1) is 0 Å². The Morgan fingerprint density at radius 3 is 1.94 bits per heavy atom. The summed E-state index contributed by atoms with van der Waals surface area (Å²) in [5.74, 6) is 0.385. The largest absolute Gasteiger partial charge is 0.375 e. The Bertz CT molecular complexity index is 553. The van der Waals surface area contributed by atoms with Crippen molar-refractivity contribution in [3.05, 3.63) is 0 Å². The molecule has 0 rings (SSSR count). The Hall–Kier alpha value is -0.940. The molecule has 0 radical (unpaired) electrons. The molecule has 0 aliphatic rings. The summed E-state index contributed by atoms with van der Waals surface area (Å²) >= 11 is 0. The lowest BCUT2D eigenvalue weighted by atomic mass is 9.88. The van der Waals surface area contributed by atoms with Crippen LogP contribution in [0.5, 0.6) is 0 Å². The Morgan fingerprint density at radius 2 is 1.42 bits per heavy atom. The van der Waals surface area contributed by atoms with Gasteiger partial charge in [0.15, 0.2) is 0 Å². The second kappa shape index (κ2) is 12.3. The summed E-state index contributed by atoms with van der Waals surface area (Å²) in [6.07, 6.45) is 4.30. The molecule has 0 aromatic rings. The number of ether oxygens (including phenoxy) is 2. The molecule has 0 spiro atoms. The van der Waals surface area contributed by atoms with E-state index >= 15 is 0 Å². The first-order chi connectivity index (χ1) is 13.8. The van der Waals surface area contributed by atoms with E-state index in [-0.39, 0.29) is 39.8 Å². The fraction of sp³-hybridized carbons (Fsp3) is 0.923. The lowest BCUT2D eigenvalue weighted by Gasteiger charge is -2.34. The third-order valence-electron chi connectivity index (χ3n) is 5.33. The van der Waals surface area contributed by atoms with Crippen molar-refractivity contribution in [1.82, 2.24) is 5.32 Å². The van der Waals surface area contributed by atoms with Gasteiger partial charge in [-0.1, -0.05) is 41.5 Å². The number of ketones is 1. The van der Waals surface area contributed by atoms with E-state index < -0.39 is 0 Å². The van der Waals surface area contributed by atoms with Crippen LogP contribution >= 0.6 is 0 Å². The molecule has 0 aliphatic heterocycles. The SMILES string of the molecule is CC(CC(C)(C)OCCCC(=O)C(C)(C)C)OC(C)(C)CCNC(=O)CCC(C)(C)C. The maximum Gasteiger partial charge on any atom is 0.220 e. The number of carbonyl (C=O) groups excluding carboxylic acids is 2. The minimum Gasteiger partial charge on any atom is -0.375 e. The number of Topliss-reactive ketones (excluding diaryl/α,β-unsaturated/α-hetero) is 1. The summed E-state index contributed by atoms with van der Waals surface area (Å²) in [6.45, 7) is 23.8. The zero-order chi connectivity index (χ0) is 24.5. The second-order valence-corrected chi connectivity index (χ2v) is 12.4. The maximum absolute atomic E-state index is 12.0. The van der Waals surface area contributed by atoms with E-state index in [0.29, 0.717) is 26.0 Å². The quantitative estimate of drug-likeness (QED) is 0.332. The van der Waals surface area contributed by atoms with Gasteiger partial charge in [0.05, 0.1) is 17.3 Å². The number of hydrogen-bond donors (Lipinski definition) is 1. The summed E-state index contributed by atoms with van der Waals surface area (Å²) in [4.78, 5) is 24.0. The van der Waals surface area contributed by atoms with Gasteiger partial charge >= 0.3 is 0 Å². The minimum atomic E-state index is -0.327. The van der Waals surface area contributed by atoms with Crippen LogP contribution in [0.25, 0.3) is 0 Å². The topological polar surface area (TPSA) is 64.6 Å². The molecule has 0 aromatic carbocycles. The fourth-order valence-corrected chi connectivity index (χ4v) is 3.43. The van der Waals surface area contributed by atoms with Crippen molar-refractivity contribution >= 4 is 11.7 Å². The van der Waals surface area contributed by atoms with E-state index in [1.165, 1.54) is 0 Å². The molecule has 1 unspecified atom stereocenters. The van der Waals surface area contributed by atoms with Gasteiger partial charge in [-0.05, 0) is 59.3 Å². The molecule has 0 bridgehead atoms. The van der Waals surface area contributed by atoms with Gasteiger partial charge in [0.1, 0.15) is 5.78 Å². The van der Waals surface area contributed by atoms with Gasteiger partial charge in [0.25, 0.3) is 0 Å². The highest BCUT2D eigenvalue weighted by Gasteiger charge is 2.28. The van der Waals surface area contributed by atoms with Crippen molar-refractivity contribution in [3.63, 3.8) is 0 Å². The van der Waals surface area contributed by atoms with Crippen molar-refractivity contribution in [1.29, 1.82) is 0 Å². The second-order valence-electron chi connectivity index (χ2n) is 12.4. The first kappa shape index (κ1) is 30.1. The zero-order valence-electron chi connectivity index (χ0n) is 22.4. The molecule has 0 saturated heterocycles. The van der Waals surface area contributed by atoms with Crippen LogP contribution in [0.2, 0.25) is 0 Å². The van der Waals surface area contributed by atoms with E-state index in [0.717, 1.165) is 25.7 Å². The van der Waals surface area contributed by atoms with Gasteiger partial charge in [-0.2, -0.15) is 0 Å². The molecule has 5 nitrogen and oxygen atoms in total. The van der Waals surface area contributed by atoms with Crippen LogP contribution in [-0.2, 0) is 19.1 Å². The predicted octanol–water partition coefficient (Wildman–Crippen LogP) is 6.08. The highest BCUT2D eigenvalue weighted by Crippen LogP contribution is 2.25. The molecule has 1 N–H and O–H groups in total. The molecule has 0 heterocycles. The van der Waals surface area contributed by atoms with Gasteiger partial charge < -0.3 is 14.8 Å². The van der Waals surface area contributed by atoms with E-state index in [1.807, 2.05) is 20.8 Å². The average Bonchev–Trinajstić information content (AvgIpc) is 2.53. The smallest absolute Gasteiger partial charge is 0.220 e. The summed E-state index contributed by atoms with van der Waals surface area (Å²) in [5, 5.41) is 3.02. The third-order valence-corrected chi connectivity index (χ3v) is 5.33. The Balaban J connectivity index is 4.26. The van der Waals surface area contributed by atoms with Crippen molar-refractivity contribution in [2.24, 2.45) is 10.8 Å². The molecule has 1 atom stereocenters. The van der Waals surface area contributed by atoms with Crippen LogP contribution in [0, 0.1) is 10.8 Å². The van der Waals surface area contributed by atoms with Gasteiger partial charge in [-0.25, -0.2) is 0 Å². The standard InChI is InChI=1S/C26H51NO4/c1-20(19-26(10,11)30-18-12-13-21(28)24(5,6)7)31-25(8,9)16-17-27-22(29)14-15-23(2,3)4/h20H,12-19H2,1-11H3,(H,27,29). The summed E-state index contributed by atoms with van der Waals surface area (Å²) < 4.78 is 12.3. The van der Waals surface area contributed by atoms with Crippen molar-refractivity contribution in [2.75, 3.05) is 13.2 Å². The summed E-state index contributed by atoms with van der Waals surface area (Å²) in [5.41, 5.74) is -0.755. The molecular weight excluding hydrogens is 390 g/mol. The maximum atomic E-state index is 12.0. The van der Waals surface area contributed by atoms with Crippen LogP contribution in [0.15, 0.2) is 0 Å². The molecule has 0 aliphatic carbocycles. The lowest BCUT2D eigenvalue weighted by Crippen LogP contribution is -2.38. The van der Waals surface area contributed by atoms with E-state index in [1.54, 1.807) is 0 Å². The third kappa shape index (κ3) is 16.4. The molecule has 1 amide bonds. The van der Waals surface area contributed by atoms with Crippen LogP contribution in [0.4, 0.5) is 0 Å². The highest BCUT2D eigenvalue weighted by molar-refractivity contribution is 5.83. The van der Waals surface area contributed by atoms with Crippen molar-refractivity contribution < 1.29 is 19.1 Å².